The number of rotatable bonds is 2. The van der Waals surface area contributed by atoms with Gasteiger partial charge in [-0.1, -0.05) is 17.2 Å². The number of pyridine rings is 1. The van der Waals surface area contributed by atoms with Gasteiger partial charge < -0.3 is 9.52 Å². The standard InChI is InChI=1S/C15H13N3O.C2HF3O2/c1-10-6-11(2)8-13(7-10)15-18-17-14(19-15)12-4-3-5-16-9-12;3-2(4,5)1(6)7/h3-9H,1-2H3;(H,6,7). The summed E-state index contributed by atoms with van der Waals surface area (Å²) in [6.45, 7) is 4.10. The van der Waals surface area contributed by atoms with E-state index in [1.807, 2.05) is 24.3 Å². The first-order chi connectivity index (χ1) is 12.2. The smallest absolute Gasteiger partial charge is 0.475 e. The first-order valence-corrected chi connectivity index (χ1v) is 7.29. The molecule has 26 heavy (non-hydrogen) atoms. The number of halogens is 3. The van der Waals surface area contributed by atoms with Crippen molar-refractivity contribution in [1.82, 2.24) is 15.2 Å². The van der Waals surface area contributed by atoms with E-state index in [1.165, 1.54) is 11.1 Å². The second-order valence-corrected chi connectivity index (χ2v) is 5.33. The predicted molar refractivity (Wildman–Crippen MR) is 86.1 cm³/mol. The number of carboxylic acid groups (broad SMARTS) is 1. The molecule has 6 nitrogen and oxygen atoms in total. The molecule has 0 radical (unpaired) electrons. The van der Waals surface area contributed by atoms with Crippen LogP contribution in [0.3, 0.4) is 0 Å². The van der Waals surface area contributed by atoms with E-state index >= 15 is 0 Å². The molecule has 9 heteroatoms. The van der Waals surface area contributed by atoms with Gasteiger partial charge >= 0.3 is 12.1 Å². The maximum Gasteiger partial charge on any atom is 0.490 e. The Morgan fingerprint density at radius 3 is 2.04 bits per heavy atom. The Kier molecular flexibility index (Phi) is 5.71. The molecule has 2 aromatic heterocycles. The Morgan fingerprint density at radius 2 is 1.58 bits per heavy atom. The molecule has 0 aliphatic rings. The largest absolute Gasteiger partial charge is 0.490 e. The summed E-state index contributed by atoms with van der Waals surface area (Å²) in [4.78, 5) is 12.9. The zero-order chi connectivity index (χ0) is 19.3. The quantitative estimate of drug-likeness (QED) is 0.737. The summed E-state index contributed by atoms with van der Waals surface area (Å²) in [5.74, 6) is -1.74. The summed E-state index contributed by atoms with van der Waals surface area (Å²) < 4.78 is 37.4. The summed E-state index contributed by atoms with van der Waals surface area (Å²) in [6.07, 6.45) is -1.66. The molecule has 3 aromatic rings. The number of aliphatic carboxylic acids is 1. The van der Waals surface area contributed by atoms with Gasteiger partial charge in [0, 0.05) is 18.0 Å². The van der Waals surface area contributed by atoms with Gasteiger partial charge in [0.15, 0.2) is 0 Å². The van der Waals surface area contributed by atoms with Crippen LogP contribution in [0, 0.1) is 13.8 Å². The van der Waals surface area contributed by atoms with E-state index in [4.69, 9.17) is 14.3 Å². The molecular weight excluding hydrogens is 351 g/mol. The third kappa shape index (κ3) is 5.13. The molecule has 0 fully saturated rings. The van der Waals surface area contributed by atoms with Crippen molar-refractivity contribution in [3.05, 3.63) is 53.9 Å². The van der Waals surface area contributed by atoms with Gasteiger partial charge in [-0.05, 0) is 38.1 Å². The number of alkyl halides is 3. The maximum atomic E-state index is 10.6. The van der Waals surface area contributed by atoms with Gasteiger partial charge in [-0.25, -0.2) is 4.79 Å². The van der Waals surface area contributed by atoms with Crippen LogP contribution >= 0.6 is 0 Å². The minimum absolute atomic E-state index is 0.488. The molecule has 0 spiro atoms. The molecule has 0 unspecified atom stereocenters. The zero-order valence-corrected chi connectivity index (χ0v) is 13.8. The predicted octanol–water partition coefficient (Wildman–Crippen LogP) is 4.05. The van der Waals surface area contributed by atoms with Crippen LogP contribution in [0.15, 0.2) is 47.1 Å². The van der Waals surface area contributed by atoms with Crippen molar-refractivity contribution < 1.29 is 27.5 Å². The van der Waals surface area contributed by atoms with Crippen molar-refractivity contribution in [3.63, 3.8) is 0 Å². The minimum atomic E-state index is -5.08. The van der Waals surface area contributed by atoms with Crippen molar-refractivity contribution in [2.45, 2.75) is 20.0 Å². The number of nitrogens with zero attached hydrogens (tertiary/aromatic N) is 3. The molecule has 0 bridgehead atoms. The lowest BCUT2D eigenvalue weighted by molar-refractivity contribution is -0.192. The van der Waals surface area contributed by atoms with E-state index in [9.17, 15) is 13.2 Å². The number of benzene rings is 1. The normalized spacial score (nSPS) is 10.8. The van der Waals surface area contributed by atoms with Crippen LogP contribution < -0.4 is 0 Å². The fourth-order valence-electron chi connectivity index (χ4n) is 2.04. The lowest BCUT2D eigenvalue weighted by Gasteiger charge is -2.00. The number of aromatic nitrogens is 3. The number of hydrogen-bond acceptors (Lipinski definition) is 5. The summed E-state index contributed by atoms with van der Waals surface area (Å²) in [6, 6.07) is 9.92. The van der Waals surface area contributed by atoms with Gasteiger partial charge in [0.05, 0.1) is 5.56 Å². The number of aryl methyl sites for hydroxylation is 2. The van der Waals surface area contributed by atoms with E-state index in [0.29, 0.717) is 11.8 Å². The highest BCUT2D eigenvalue weighted by molar-refractivity contribution is 5.73. The van der Waals surface area contributed by atoms with Crippen molar-refractivity contribution in [2.24, 2.45) is 0 Å². The van der Waals surface area contributed by atoms with Crippen molar-refractivity contribution >= 4 is 5.97 Å². The molecule has 0 atom stereocenters. The summed E-state index contributed by atoms with van der Waals surface area (Å²) in [5.41, 5.74) is 4.12. The average Bonchev–Trinajstić information content (AvgIpc) is 3.04. The SMILES string of the molecule is Cc1cc(C)cc(-c2nnc(-c3cccnc3)o2)c1.O=C(O)C(F)(F)F. The average molecular weight is 365 g/mol. The van der Waals surface area contributed by atoms with Crippen molar-refractivity contribution in [1.29, 1.82) is 0 Å². The van der Waals surface area contributed by atoms with Crippen LogP contribution in [0.25, 0.3) is 22.9 Å². The minimum Gasteiger partial charge on any atom is -0.475 e. The van der Waals surface area contributed by atoms with Gasteiger partial charge in [-0.15, -0.1) is 10.2 Å². The van der Waals surface area contributed by atoms with Crippen molar-refractivity contribution in [2.75, 3.05) is 0 Å². The van der Waals surface area contributed by atoms with Gasteiger partial charge in [-0.2, -0.15) is 13.2 Å². The third-order valence-electron chi connectivity index (χ3n) is 3.04. The van der Waals surface area contributed by atoms with Crippen LogP contribution in [-0.2, 0) is 4.79 Å². The molecule has 3 rings (SSSR count). The first kappa shape index (κ1) is 19.1. The van der Waals surface area contributed by atoms with Crippen LogP contribution in [0.5, 0.6) is 0 Å². The summed E-state index contributed by atoms with van der Waals surface area (Å²) in [7, 11) is 0. The van der Waals surface area contributed by atoms with Gasteiger partial charge in [-0.3, -0.25) is 4.98 Å². The van der Waals surface area contributed by atoms with E-state index < -0.39 is 12.1 Å². The van der Waals surface area contributed by atoms with Crippen LogP contribution in [0.2, 0.25) is 0 Å². The second kappa shape index (κ2) is 7.77. The lowest BCUT2D eigenvalue weighted by atomic mass is 10.1. The van der Waals surface area contributed by atoms with Gasteiger partial charge in [0.2, 0.25) is 11.8 Å². The van der Waals surface area contributed by atoms with Gasteiger partial charge in [0.25, 0.3) is 0 Å². The second-order valence-electron chi connectivity index (χ2n) is 5.33. The fraction of sp³-hybridized carbons (Fsp3) is 0.176. The summed E-state index contributed by atoms with van der Waals surface area (Å²) >= 11 is 0. The highest BCUT2D eigenvalue weighted by Gasteiger charge is 2.38. The van der Waals surface area contributed by atoms with Crippen LogP contribution in [-0.4, -0.2) is 32.4 Å². The van der Waals surface area contributed by atoms with E-state index in [2.05, 4.69) is 35.1 Å². The van der Waals surface area contributed by atoms with E-state index in [1.54, 1.807) is 12.4 Å². The van der Waals surface area contributed by atoms with E-state index in [0.717, 1.165) is 11.1 Å². The third-order valence-corrected chi connectivity index (χ3v) is 3.04. The Morgan fingerprint density at radius 1 is 1.04 bits per heavy atom. The molecule has 136 valence electrons. The van der Waals surface area contributed by atoms with Crippen molar-refractivity contribution in [3.8, 4) is 22.9 Å². The summed E-state index contributed by atoms with van der Waals surface area (Å²) in [5, 5.41) is 15.3. The molecule has 0 saturated carbocycles. The Balaban J connectivity index is 0.000000298. The number of hydrogen-bond donors (Lipinski definition) is 1. The zero-order valence-electron chi connectivity index (χ0n) is 13.8. The number of carbonyl (C=O) groups is 1. The Hall–Kier alpha value is -3.23. The molecule has 0 saturated heterocycles. The molecule has 0 aliphatic carbocycles. The Labute approximate surface area is 146 Å². The fourth-order valence-corrected chi connectivity index (χ4v) is 2.04. The van der Waals surface area contributed by atoms with Gasteiger partial charge in [0.1, 0.15) is 0 Å². The molecule has 1 aromatic carbocycles. The van der Waals surface area contributed by atoms with E-state index in [-0.39, 0.29) is 0 Å². The molecular formula is C17H14F3N3O3. The lowest BCUT2D eigenvalue weighted by Crippen LogP contribution is -2.21. The number of carboxylic acids is 1. The molecule has 0 aliphatic heterocycles. The van der Waals surface area contributed by atoms with Crippen LogP contribution in [0.1, 0.15) is 11.1 Å². The van der Waals surface area contributed by atoms with Crippen LogP contribution in [0.4, 0.5) is 13.2 Å². The first-order valence-electron chi connectivity index (χ1n) is 7.29. The molecule has 0 amide bonds. The topological polar surface area (TPSA) is 89.1 Å². The molecule has 1 N–H and O–H groups in total. The molecule has 2 heterocycles. The maximum absolute atomic E-state index is 10.6. The Bertz CT molecular complexity index is 873. The highest BCUT2D eigenvalue weighted by Crippen LogP contribution is 2.24. The highest BCUT2D eigenvalue weighted by atomic mass is 19.4. The monoisotopic (exact) mass is 365 g/mol.